The molecule has 194 valence electrons. The first-order chi connectivity index (χ1) is 17.4. The van der Waals surface area contributed by atoms with Gasteiger partial charge in [0.25, 0.3) is 0 Å². The second-order valence-electron chi connectivity index (χ2n) is 8.65. The first-order valence-corrected chi connectivity index (χ1v) is 11.3. The summed E-state index contributed by atoms with van der Waals surface area (Å²) in [5.74, 6) is -1.61. The maximum Gasteiger partial charge on any atom is 0.490 e. The van der Waals surface area contributed by atoms with Crippen molar-refractivity contribution in [1.29, 1.82) is 5.26 Å². The number of hydrogen-bond acceptors (Lipinski definition) is 5. The van der Waals surface area contributed by atoms with Crippen LogP contribution in [0, 0.1) is 11.3 Å². The second-order valence-corrected chi connectivity index (χ2v) is 8.65. The molecule has 0 saturated carbocycles. The molecule has 8 nitrogen and oxygen atoms in total. The normalized spacial score (nSPS) is 17.7. The molecule has 1 aromatic heterocycles. The Balaban J connectivity index is 0.000000479. The lowest BCUT2D eigenvalue weighted by Gasteiger charge is -2.32. The van der Waals surface area contributed by atoms with Gasteiger partial charge in [0, 0.05) is 13.5 Å². The number of rotatable bonds is 1. The van der Waals surface area contributed by atoms with Crippen molar-refractivity contribution in [3.63, 3.8) is 0 Å². The number of ether oxygens (including phenoxy) is 1. The molecule has 0 saturated heterocycles. The second kappa shape index (κ2) is 11.2. The lowest BCUT2D eigenvalue weighted by molar-refractivity contribution is -0.192. The van der Waals surface area contributed by atoms with E-state index in [2.05, 4.69) is 22.4 Å². The fraction of sp³-hybridized carbons (Fsp3) is 0.308. The number of carbonyl (C=O) groups is 2. The predicted molar refractivity (Wildman–Crippen MR) is 127 cm³/mol. The average Bonchev–Trinajstić information content (AvgIpc) is 3.28. The summed E-state index contributed by atoms with van der Waals surface area (Å²) in [4.78, 5) is 26.0. The van der Waals surface area contributed by atoms with E-state index in [1.807, 2.05) is 48.9 Å². The quantitative estimate of drug-likeness (QED) is 0.481. The molecule has 37 heavy (non-hydrogen) atoms. The number of aromatic nitrogens is 2. The van der Waals surface area contributed by atoms with Crippen LogP contribution in [0.15, 0.2) is 55.0 Å². The molecule has 1 aliphatic rings. The lowest BCUT2D eigenvalue weighted by atomic mass is 9.87. The third-order valence-corrected chi connectivity index (χ3v) is 5.89. The van der Waals surface area contributed by atoms with Gasteiger partial charge in [-0.15, -0.1) is 0 Å². The molecule has 4 bridgehead atoms. The molecule has 0 aliphatic carbocycles. The van der Waals surface area contributed by atoms with Crippen LogP contribution in [0.5, 0.6) is 11.5 Å². The van der Waals surface area contributed by atoms with Crippen molar-refractivity contribution in [2.45, 2.75) is 44.3 Å². The van der Waals surface area contributed by atoms with Gasteiger partial charge in [0.2, 0.25) is 5.91 Å². The van der Waals surface area contributed by atoms with Crippen molar-refractivity contribution < 1.29 is 32.6 Å². The molecule has 4 rings (SSSR count). The van der Waals surface area contributed by atoms with Crippen LogP contribution in [0.1, 0.15) is 48.6 Å². The number of fused-ring (bicyclic) bond motifs is 4. The van der Waals surface area contributed by atoms with E-state index in [9.17, 15) is 23.2 Å². The third-order valence-electron chi connectivity index (χ3n) is 5.89. The number of aliphatic carboxylic acids is 1. The maximum absolute atomic E-state index is 12.8. The predicted octanol–water partition coefficient (Wildman–Crippen LogP) is 4.82. The Morgan fingerprint density at radius 3 is 2.54 bits per heavy atom. The van der Waals surface area contributed by atoms with Gasteiger partial charge in [-0.3, -0.25) is 4.79 Å². The number of imidazole rings is 1. The Hall–Kier alpha value is -4.33. The molecule has 11 heteroatoms. The summed E-state index contributed by atoms with van der Waals surface area (Å²) < 4.78 is 39.8. The zero-order valence-corrected chi connectivity index (χ0v) is 20.2. The van der Waals surface area contributed by atoms with E-state index in [1.54, 1.807) is 18.6 Å². The first kappa shape index (κ1) is 27.3. The number of nitrogens with one attached hydrogen (secondary N) is 1. The Kier molecular flexibility index (Phi) is 8.22. The highest BCUT2D eigenvalue weighted by Gasteiger charge is 2.38. The maximum atomic E-state index is 12.8. The fourth-order valence-corrected chi connectivity index (χ4v) is 3.98. The number of halogens is 3. The Labute approximate surface area is 211 Å². The highest BCUT2D eigenvalue weighted by Crippen LogP contribution is 2.35. The monoisotopic (exact) mass is 514 g/mol. The Morgan fingerprint density at radius 2 is 1.92 bits per heavy atom. The summed E-state index contributed by atoms with van der Waals surface area (Å²) in [6, 6.07) is 15.5. The van der Waals surface area contributed by atoms with Crippen molar-refractivity contribution in [1.82, 2.24) is 14.9 Å². The summed E-state index contributed by atoms with van der Waals surface area (Å²) in [6.45, 7) is 1.96. The van der Waals surface area contributed by atoms with Gasteiger partial charge in [-0.25, -0.2) is 9.78 Å². The molecule has 2 N–H and O–H groups in total. The Morgan fingerprint density at radius 1 is 1.22 bits per heavy atom. The summed E-state index contributed by atoms with van der Waals surface area (Å²) in [6.07, 6.45) is 1.42. The minimum Gasteiger partial charge on any atom is -0.475 e. The summed E-state index contributed by atoms with van der Waals surface area (Å²) in [5.41, 5.74) is 2.44. The number of carboxylic acid groups (broad SMARTS) is 1. The zero-order chi connectivity index (χ0) is 27.2. The summed E-state index contributed by atoms with van der Waals surface area (Å²) in [5, 5.41) is 19.9. The smallest absolute Gasteiger partial charge is 0.475 e. The van der Waals surface area contributed by atoms with E-state index >= 15 is 0 Å². The molecule has 2 heterocycles. The molecule has 1 aliphatic heterocycles. The van der Waals surface area contributed by atoms with Crippen molar-refractivity contribution >= 4 is 11.9 Å². The number of aryl methyl sites for hydroxylation is 2. The topological polar surface area (TPSA) is 117 Å². The van der Waals surface area contributed by atoms with Crippen LogP contribution in [0.4, 0.5) is 13.2 Å². The number of nitriles is 1. The van der Waals surface area contributed by atoms with Gasteiger partial charge in [0.15, 0.2) is 0 Å². The van der Waals surface area contributed by atoms with Gasteiger partial charge in [-0.1, -0.05) is 18.2 Å². The number of carboxylic acids is 1. The van der Waals surface area contributed by atoms with Gasteiger partial charge in [0.1, 0.15) is 23.1 Å². The number of amides is 1. The Bertz CT molecular complexity index is 1330. The molecular weight excluding hydrogens is 489 g/mol. The summed E-state index contributed by atoms with van der Waals surface area (Å²) >= 11 is 0. The van der Waals surface area contributed by atoms with Crippen LogP contribution in [-0.2, 0) is 28.6 Å². The van der Waals surface area contributed by atoms with Crippen molar-refractivity contribution in [2.75, 3.05) is 0 Å². The summed E-state index contributed by atoms with van der Waals surface area (Å²) in [7, 11) is 1.90. The van der Waals surface area contributed by atoms with E-state index in [0.717, 1.165) is 36.1 Å². The van der Waals surface area contributed by atoms with Gasteiger partial charge in [0.05, 0.1) is 23.8 Å². The molecule has 1 amide bonds. The number of nitrogens with zero attached hydrogens (tertiary/aromatic N) is 3. The van der Waals surface area contributed by atoms with Gasteiger partial charge in [-0.2, -0.15) is 18.4 Å². The largest absolute Gasteiger partial charge is 0.490 e. The van der Waals surface area contributed by atoms with Crippen LogP contribution < -0.4 is 10.1 Å². The van der Waals surface area contributed by atoms with E-state index in [0.29, 0.717) is 23.5 Å². The van der Waals surface area contributed by atoms with Crippen LogP contribution in [0.25, 0.3) is 0 Å². The minimum atomic E-state index is -5.08. The van der Waals surface area contributed by atoms with Crippen molar-refractivity contribution in [2.24, 2.45) is 7.05 Å². The minimum absolute atomic E-state index is 0.0173. The van der Waals surface area contributed by atoms with E-state index in [-0.39, 0.29) is 5.91 Å². The third kappa shape index (κ3) is 6.67. The molecule has 3 aromatic rings. The average molecular weight is 515 g/mol. The van der Waals surface area contributed by atoms with Crippen molar-refractivity contribution in [3.05, 3.63) is 77.4 Å². The van der Waals surface area contributed by atoms with E-state index in [1.165, 1.54) is 0 Å². The molecule has 0 fully saturated rings. The van der Waals surface area contributed by atoms with Crippen LogP contribution >= 0.6 is 0 Å². The molecule has 0 spiro atoms. The SMILES string of the molecule is Cn1cncc1C1(C)NC(=O)CCCCc2cccc(c2)Oc2cc1ccc2C#N.O=C(O)C(F)(F)F. The number of carbonyl (C=O) groups excluding carboxylic acids is 1. The number of hydrogen-bond donors (Lipinski definition) is 2. The van der Waals surface area contributed by atoms with E-state index < -0.39 is 17.7 Å². The molecule has 1 atom stereocenters. The van der Waals surface area contributed by atoms with E-state index in [4.69, 9.17) is 14.6 Å². The molecular formula is C26H25F3N4O4. The van der Waals surface area contributed by atoms with Gasteiger partial charge < -0.3 is 19.7 Å². The lowest BCUT2D eigenvalue weighted by Crippen LogP contribution is -2.45. The van der Waals surface area contributed by atoms with Crippen LogP contribution in [0.2, 0.25) is 0 Å². The first-order valence-electron chi connectivity index (χ1n) is 11.3. The highest BCUT2D eigenvalue weighted by atomic mass is 19.4. The standard InChI is InChI=1S/C24H24N4O2.C2HF3O2/c1-24(22-15-26-16-28(22)2)19-11-10-18(14-25)21(13-19)30-20-8-5-7-17(12-20)6-3-4-9-23(29)27-24;3-2(4,5)1(6)7/h5,7-8,10-13,15-16H,3-4,6,9H2,1-2H3,(H,27,29);(H,6,7). The van der Waals surface area contributed by atoms with Crippen molar-refractivity contribution in [3.8, 4) is 17.6 Å². The number of benzene rings is 2. The van der Waals surface area contributed by atoms with Crippen LogP contribution in [0.3, 0.4) is 0 Å². The molecule has 1 unspecified atom stereocenters. The fourth-order valence-electron chi connectivity index (χ4n) is 3.98. The zero-order valence-electron chi connectivity index (χ0n) is 20.2. The van der Waals surface area contributed by atoms with Gasteiger partial charge >= 0.3 is 12.1 Å². The highest BCUT2D eigenvalue weighted by molar-refractivity contribution is 5.77. The number of alkyl halides is 3. The molecule has 0 radical (unpaired) electrons. The van der Waals surface area contributed by atoms with Crippen LogP contribution in [-0.4, -0.2) is 32.7 Å². The van der Waals surface area contributed by atoms with Gasteiger partial charge in [-0.05, 0) is 61.6 Å². The molecule has 2 aromatic carbocycles.